The van der Waals surface area contributed by atoms with Crippen LogP contribution in [0.4, 0.5) is 0 Å². The molecule has 0 aliphatic heterocycles. The fourth-order valence-electron chi connectivity index (χ4n) is 2.70. The number of hydrogen-bond donors (Lipinski definition) is 1. The Bertz CT molecular complexity index is 346. The lowest BCUT2D eigenvalue weighted by atomic mass is 10.1. The third kappa shape index (κ3) is 3.49. The molecule has 1 aliphatic carbocycles. The lowest BCUT2D eigenvalue weighted by molar-refractivity contribution is 0.449. The summed E-state index contributed by atoms with van der Waals surface area (Å²) in [5.74, 6) is 0.901. The van der Waals surface area contributed by atoms with Crippen molar-refractivity contribution in [2.24, 2.45) is 5.92 Å². The van der Waals surface area contributed by atoms with Crippen LogP contribution in [0, 0.1) is 5.92 Å². The van der Waals surface area contributed by atoms with Crippen molar-refractivity contribution in [2.45, 2.75) is 50.1 Å². The molecule has 0 heterocycles. The lowest BCUT2D eigenvalue weighted by Crippen LogP contribution is -2.29. The van der Waals surface area contributed by atoms with Crippen LogP contribution in [0.15, 0.2) is 29.2 Å². The Balaban J connectivity index is 1.92. The molecule has 1 aromatic rings. The first-order chi connectivity index (χ1) is 8.19. The smallest absolute Gasteiger partial charge is 0.0294 e. The molecular weight excluding hydrogens is 226 g/mol. The fourth-order valence-corrected chi connectivity index (χ4v) is 3.11. The molecule has 0 radical (unpaired) electrons. The van der Waals surface area contributed by atoms with Crippen LogP contribution < -0.4 is 5.32 Å². The second-order valence-electron chi connectivity index (χ2n) is 5.28. The van der Waals surface area contributed by atoms with Crippen LogP contribution in [0.2, 0.25) is 0 Å². The van der Waals surface area contributed by atoms with E-state index in [1.807, 2.05) is 0 Å². The summed E-state index contributed by atoms with van der Waals surface area (Å²) in [4.78, 5) is 1.34. The van der Waals surface area contributed by atoms with Gasteiger partial charge in [0, 0.05) is 17.0 Å². The number of nitrogens with one attached hydrogen (secondary N) is 1. The molecule has 1 aromatic carbocycles. The Morgan fingerprint density at radius 2 is 1.94 bits per heavy atom. The Hall–Kier alpha value is -0.470. The van der Waals surface area contributed by atoms with Crippen molar-refractivity contribution in [2.75, 3.05) is 6.26 Å². The van der Waals surface area contributed by atoms with Crippen molar-refractivity contribution in [3.05, 3.63) is 29.8 Å². The van der Waals surface area contributed by atoms with Crippen LogP contribution in [0.5, 0.6) is 0 Å². The van der Waals surface area contributed by atoms with E-state index in [-0.39, 0.29) is 0 Å². The minimum absolute atomic E-state index is 0.473. The van der Waals surface area contributed by atoms with Gasteiger partial charge in [0.1, 0.15) is 0 Å². The lowest BCUT2D eigenvalue weighted by Gasteiger charge is -2.20. The van der Waals surface area contributed by atoms with E-state index in [0.717, 1.165) is 12.0 Å². The molecule has 94 valence electrons. The standard InChI is InChI=1S/C15H23NS/c1-11-4-7-14(10-11)16-12(2)13-5-8-15(17-3)9-6-13/h5-6,8-9,11-12,14,16H,4,7,10H2,1-3H3. The van der Waals surface area contributed by atoms with Crippen LogP contribution in [0.25, 0.3) is 0 Å². The van der Waals surface area contributed by atoms with E-state index in [4.69, 9.17) is 0 Å². The summed E-state index contributed by atoms with van der Waals surface area (Å²) in [5, 5.41) is 3.76. The summed E-state index contributed by atoms with van der Waals surface area (Å²) in [6, 6.07) is 10.1. The summed E-state index contributed by atoms with van der Waals surface area (Å²) in [5.41, 5.74) is 1.40. The topological polar surface area (TPSA) is 12.0 Å². The molecule has 1 aliphatic rings. The van der Waals surface area contributed by atoms with Gasteiger partial charge in [0.05, 0.1) is 0 Å². The minimum Gasteiger partial charge on any atom is -0.307 e. The number of benzene rings is 1. The molecule has 3 atom stereocenters. The van der Waals surface area contributed by atoms with E-state index in [2.05, 4.69) is 49.7 Å². The van der Waals surface area contributed by atoms with Crippen molar-refractivity contribution in [1.82, 2.24) is 5.32 Å². The minimum atomic E-state index is 0.473. The van der Waals surface area contributed by atoms with Gasteiger partial charge in [0.15, 0.2) is 0 Å². The third-order valence-corrected chi connectivity index (χ3v) is 4.54. The molecule has 0 amide bonds. The van der Waals surface area contributed by atoms with Gasteiger partial charge in [0.2, 0.25) is 0 Å². The Morgan fingerprint density at radius 1 is 1.24 bits per heavy atom. The average Bonchev–Trinajstić information content (AvgIpc) is 2.75. The number of thioether (sulfide) groups is 1. The van der Waals surface area contributed by atoms with Gasteiger partial charge in [-0.2, -0.15) is 0 Å². The highest BCUT2D eigenvalue weighted by molar-refractivity contribution is 7.98. The van der Waals surface area contributed by atoms with Crippen LogP contribution in [0.3, 0.4) is 0 Å². The normalized spacial score (nSPS) is 26.1. The largest absolute Gasteiger partial charge is 0.307 e. The van der Waals surface area contributed by atoms with Crippen LogP contribution in [-0.2, 0) is 0 Å². The van der Waals surface area contributed by atoms with E-state index in [1.54, 1.807) is 11.8 Å². The summed E-state index contributed by atoms with van der Waals surface area (Å²) in [7, 11) is 0. The Morgan fingerprint density at radius 3 is 2.47 bits per heavy atom. The predicted octanol–water partition coefficient (Wildman–Crippen LogP) is 4.25. The van der Waals surface area contributed by atoms with Crippen molar-refractivity contribution in [3.8, 4) is 0 Å². The summed E-state index contributed by atoms with van der Waals surface area (Å²) in [6.45, 7) is 4.64. The maximum Gasteiger partial charge on any atom is 0.0294 e. The van der Waals surface area contributed by atoms with E-state index >= 15 is 0 Å². The van der Waals surface area contributed by atoms with E-state index < -0.39 is 0 Å². The third-order valence-electron chi connectivity index (χ3n) is 3.80. The fraction of sp³-hybridized carbons (Fsp3) is 0.600. The van der Waals surface area contributed by atoms with E-state index in [1.165, 1.54) is 29.7 Å². The van der Waals surface area contributed by atoms with E-state index in [9.17, 15) is 0 Å². The SMILES string of the molecule is CSc1ccc(C(C)NC2CCC(C)C2)cc1. The molecule has 0 aromatic heterocycles. The second-order valence-corrected chi connectivity index (χ2v) is 6.16. The van der Waals surface area contributed by atoms with Gasteiger partial charge in [-0.25, -0.2) is 0 Å². The van der Waals surface area contributed by atoms with Crippen LogP contribution >= 0.6 is 11.8 Å². The van der Waals surface area contributed by atoms with Gasteiger partial charge in [-0.05, 0) is 56.1 Å². The molecule has 2 heteroatoms. The van der Waals surface area contributed by atoms with Gasteiger partial charge < -0.3 is 5.32 Å². The zero-order valence-electron chi connectivity index (χ0n) is 11.1. The summed E-state index contributed by atoms with van der Waals surface area (Å²) >= 11 is 1.80. The quantitative estimate of drug-likeness (QED) is 0.801. The molecule has 1 saturated carbocycles. The van der Waals surface area contributed by atoms with E-state index in [0.29, 0.717) is 6.04 Å². The molecule has 1 nitrogen and oxygen atoms in total. The van der Waals surface area contributed by atoms with Crippen molar-refractivity contribution >= 4 is 11.8 Å². The van der Waals surface area contributed by atoms with Gasteiger partial charge in [0.25, 0.3) is 0 Å². The van der Waals surface area contributed by atoms with Crippen molar-refractivity contribution in [1.29, 1.82) is 0 Å². The first-order valence-electron chi connectivity index (χ1n) is 6.59. The molecule has 0 bridgehead atoms. The highest BCUT2D eigenvalue weighted by atomic mass is 32.2. The molecule has 1 fully saturated rings. The number of rotatable bonds is 4. The van der Waals surface area contributed by atoms with Gasteiger partial charge in [-0.15, -0.1) is 11.8 Å². The predicted molar refractivity (Wildman–Crippen MR) is 76.6 cm³/mol. The molecule has 17 heavy (non-hydrogen) atoms. The first kappa shape index (κ1) is 13.0. The molecule has 1 N–H and O–H groups in total. The van der Waals surface area contributed by atoms with Crippen molar-refractivity contribution < 1.29 is 0 Å². The molecule has 3 unspecified atom stereocenters. The zero-order chi connectivity index (χ0) is 12.3. The second kappa shape index (κ2) is 5.92. The van der Waals surface area contributed by atoms with Crippen molar-refractivity contribution in [3.63, 3.8) is 0 Å². The van der Waals surface area contributed by atoms with Gasteiger partial charge >= 0.3 is 0 Å². The summed E-state index contributed by atoms with van der Waals surface area (Å²) < 4.78 is 0. The highest BCUT2D eigenvalue weighted by Gasteiger charge is 2.22. The molecule has 0 saturated heterocycles. The summed E-state index contributed by atoms with van der Waals surface area (Å²) in [6.07, 6.45) is 6.19. The first-order valence-corrected chi connectivity index (χ1v) is 7.81. The van der Waals surface area contributed by atoms with Crippen LogP contribution in [0.1, 0.15) is 44.7 Å². The zero-order valence-corrected chi connectivity index (χ0v) is 11.9. The Labute approximate surface area is 109 Å². The van der Waals surface area contributed by atoms with Crippen LogP contribution in [-0.4, -0.2) is 12.3 Å². The van der Waals surface area contributed by atoms with Gasteiger partial charge in [-0.1, -0.05) is 19.1 Å². The monoisotopic (exact) mass is 249 g/mol. The molecular formula is C15H23NS. The average molecular weight is 249 g/mol. The Kier molecular flexibility index (Phi) is 4.52. The highest BCUT2D eigenvalue weighted by Crippen LogP contribution is 2.27. The maximum absolute atomic E-state index is 3.76. The van der Waals surface area contributed by atoms with Gasteiger partial charge in [-0.3, -0.25) is 0 Å². The molecule has 2 rings (SSSR count). The molecule has 0 spiro atoms. The number of hydrogen-bond acceptors (Lipinski definition) is 2. The maximum atomic E-state index is 3.76.